The van der Waals surface area contributed by atoms with Crippen molar-refractivity contribution in [2.75, 3.05) is 0 Å². The lowest BCUT2D eigenvalue weighted by Gasteiger charge is -1.96. The predicted molar refractivity (Wildman–Crippen MR) is 54.1 cm³/mol. The van der Waals surface area contributed by atoms with Crippen LogP contribution in [0.4, 0.5) is 0 Å². The SMILES string of the molecule is CCc1cnc2sc(C(=O)O)c(C)n12. The normalized spacial score (nSPS) is 11.0. The molecule has 2 aromatic rings. The second-order valence-corrected chi connectivity index (χ2v) is 4.02. The average Bonchev–Trinajstić information content (AvgIpc) is 2.66. The third-order valence-electron chi connectivity index (χ3n) is 2.22. The van der Waals surface area contributed by atoms with E-state index in [4.69, 9.17) is 5.11 Å². The fraction of sp³-hybridized carbons (Fsp3) is 0.333. The molecule has 0 saturated carbocycles. The molecule has 4 nitrogen and oxygen atoms in total. The van der Waals surface area contributed by atoms with Crippen LogP contribution in [0.15, 0.2) is 6.20 Å². The lowest BCUT2D eigenvalue weighted by molar-refractivity contribution is 0.0701. The molecule has 74 valence electrons. The fourth-order valence-electron chi connectivity index (χ4n) is 1.51. The van der Waals surface area contributed by atoms with Crippen molar-refractivity contribution in [2.24, 2.45) is 0 Å². The lowest BCUT2D eigenvalue weighted by Crippen LogP contribution is -1.98. The summed E-state index contributed by atoms with van der Waals surface area (Å²) in [4.78, 5) is 16.2. The smallest absolute Gasteiger partial charge is 0.347 e. The number of aryl methyl sites for hydroxylation is 2. The van der Waals surface area contributed by atoms with Crippen molar-refractivity contribution >= 4 is 22.3 Å². The van der Waals surface area contributed by atoms with Gasteiger partial charge in [0.25, 0.3) is 0 Å². The molecule has 0 radical (unpaired) electrons. The van der Waals surface area contributed by atoms with Gasteiger partial charge in [0.1, 0.15) is 4.88 Å². The third-order valence-corrected chi connectivity index (χ3v) is 3.36. The number of aromatic carboxylic acids is 1. The minimum atomic E-state index is -0.875. The largest absolute Gasteiger partial charge is 0.477 e. The third kappa shape index (κ3) is 1.13. The van der Waals surface area contributed by atoms with Gasteiger partial charge in [-0.25, -0.2) is 9.78 Å². The second-order valence-electron chi connectivity index (χ2n) is 3.04. The molecule has 2 aromatic heterocycles. The summed E-state index contributed by atoms with van der Waals surface area (Å²) in [6, 6.07) is 0. The number of nitrogens with zero attached hydrogens (tertiary/aromatic N) is 2. The first-order valence-electron chi connectivity index (χ1n) is 4.34. The highest BCUT2D eigenvalue weighted by Crippen LogP contribution is 2.23. The van der Waals surface area contributed by atoms with Crippen molar-refractivity contribution in [3.8, 4) is 0 Å². The van der Waals surface area contributed by atoms with Gasteiger partial charge in [-0.1, -0.05) is 18.3 Å². The minimum Gasteiger partial charge on any atom is -0.477 e. The molecule has 0 spiro atoms. The van der Waals surface area contributed by atoms with E-state index in [0.717, 1.165) is 22.8 Å². The molecule has 0 unspecified atom stereocenters. The predicted octanol–water partition coefficient (Wildman–Crippen LogP) is 1.96. The van der Waals surface area contributed by atoms with Gasteiger partial charge in [0.15, 0.2) is 4.96 Å². The molecule has 5 heteroatoms. The maximum atomic E-state index is 10.9. The summed E-state index contributed by atoms with van der Waals surface area (Å²) in [6.07, 6.45) is 2.66. The summed E-state index contributed by atoms with van der Waals surface area (Å²) in [7, 11) is 0. The molecule has 1 N–H and O–H groups in total. The molecule has 0 aliphatic rings. The molecule has 0 fully saturated rings. The van der Waals surface area contributed by atoms with Crippen molar-refractivity contribution in [1.29, 1.82) is 0 Å². The Balaban J connectivity index is 2.75. The molecule has 14 heavy (non-hydrogen) atoms. The van der Waals surface area contributed by atoms with Crippen molar-refractivity contribution in [3.63, 3.8) is 0 Å². The molecule has 2 rings (SSSR count). The number of aromatic nitrogens is 2. The van der Waals surface area contributed by atoms with E-state index in [0.29, 0.717) is 4.88 Å². The number of thiazole rings is 1. The van der Waals surface area contributed by atoms with E-state index in [9.17, 15) is 4.79 Å². The quantitative estimate of drug-likeness (QED) is 0.824. The molecular weight excluding hydrogens is 200 g/mol. The van der Waals surface area contributed by atoms with Crippen molar-refractivity contribution in [3.05, 3.63) is 22.5 Å². The van der Waals surface area contributed by atoms with Crippen LogP contribution in [0.25, 0.3) is 4.96 Å². The Kier molecular flexibility index (Phi) is 2.03. The Labute approximate surface area is 84.8 Å². The minimum absolute atomic E-state index is 0.378. The molecule has 0 aliphatic carbocycles. The molecule has 0 atom stereocenters. The number of carboxylic acid groups (broad SMARTS) is 1. The van der Waals surface area contributed by atoms with Crippen LogP contribution in [0.5, 0.6) is 0 Å². The summed E-state index contributed by atoms with van der Waals surface area (Å²) in [5.41, 5.74) is 1.83. The van der Waals surface area contributed by atoms with E-state index in [1.165, 1.54) is 11.3 Å². The van der Waals surface area contributed by atoms with E-state index in [1.807, 2.05) is 18.2 Å². The molecular formula is C9H10N2O2S. The number of imidazole rings is 1. The summed E-state index contributed by atoms with van der Waals surface area (Å²) in [5, 5.41) is 8.92. The monoisotopic (exact) mass is 210 g/mol. The highest BCUT2D eigenvalue weighted by Gasteiger charge is 2.16. The van der Waals surface area contributed by atoms with Gasteiger partial charge < -0.3 is 5.11 Å². The number of rotatable bonds is 2. The van der Waals surface area contributed by atoms with Crippen molar-refractivity contribution < 1.29 is 9.90 Å². The highest BCUT2D eigenvalue weighted by atomic mass is 32.1. The van der Waals surface area contributed by atoms with Gasteiger partial charge in [-0.05, 0) is 13.3 Å². The summed E-state index contributed by atoms with van der Waals surface area (Å²) in [5.74, 6) is -0.875. The topological polar surface area (TPSA) is 54.6 Å². The summed E-state index contributed by atoms with van der Waals surface area (Å²) < 4.78 is 1.91. The molecule has 2 heterocycles. The standard InChI is InChI=1S/C9H10N2O2S/c1-3-6-4-10-9-11(6)5(2)7(14-9)8(12)13/h4H,3H2,1-2H3,(H,12,13). The van der Waals surface area contributed by atoms with Crippen LogP contribution < -0.4 is 0 Å². The Morgan fingerprint density at radius 1 is 1.71 bits per heavy atom. The Bertz CT molecular complexity index is 498. The Morgan fingerprint density at radius 3 is 3.00 bits per heavy atom. The zero-order valence-electron chi connectivity index (χ0n) is 7.94. The van der Waals surface area contributed by atoms with E-state index < -0.39 is 5.97 Å². The van der Waals surface area contributed by atoms with Crippen molar-refractivity contribution in [1.82, 2.24) is 9.38 Å². The molecule has 0 bridgehead atoms. The van der Waals surface area contributed by atoms with E-state index >= 15 is 0 Å². The number of hydrogen-bond acceptors (Lipinski definition) is 3. The lowest BCUT2D eigenvalue weighted by atomic mass is 10.3. The molecule has 0 saturated heterocycles. The average molecular weight is 210 g/mol. The zero-order valence-corrected chi connectivity index (χ0v) is 8.76. The maximum Gasteiger partial charge on any atom is 0.347 e. The molecule has 0 aliphatic heterocycles. The second kappa shape index (κ2) is 3.09. The maximum absolute atomic E-state index is 10.9. The van der Waals surface area contributed by atoms with Crippen LogP contribution in [0, 0.1) is 6.92 Å². The van der Waals surface area contributed by atoms with Gasteiger partial charge in [-0.2, -0.15) is 0 Å². The van der Waals surface area contributed by atoms with Gasteiger partial charge in [-0.15, -0.1) is 0 Å². The van der Waals surface area contributed by atoms with Gasteiger partial charge in [0.05, 0.1) is 6.20 Å². The van der Waals surface area contributed by atoms with Gasteiger partial charge in [-0.3, -0.25) is 4.40 Å². The van der Waals surface area contributed by atoms with E-state index in [2.05, 4.69) is 4.98 Å². The van der Waals surface area contributed by atoms with Gasteiger partial charge in [0.2, 0.25) is 0 Å². The molecule has 0 aromatic carbocycles. The first-order chi connectivity index (χ1) is 6.65. The van der Waals surface area contributed by atoms with Gasteiger partial charge in [0, 0.05) is 11.4 Å². The van der Waals surface area contributed by atoms with Crippen LogP contribution in [0.2, 0.25) is 0 Å². The van der Waals surface area contributed by atoms with E-state index in [-0.39, 0.29) is 0 Å². The summed E-state index contributed by atoms with van der Waals surface area (Å²) >= 11 is 1.22. The first-order valence-corrected chi connectivity index (χ1v) is 5.15. The van der Waals surface area contributed by atoms with Crippen LogP contribution in [-0.2, 0) is 6.42 Å². The van der Waals surface area contributed by atoms with Crippen LogP contribution in [0.1, 0.15) is 28.0 Å². The highest BCUT2D eigenvalue weighted by molar-refractivity contribution is 7.18. The fourth-order valence-corrected chi connectivity index (χ4v) is 2.47. The number of hydrogen-bond donors (Lipinski definition) is 1. The Morgan fingerprint density at radius 2 is 2.43 bits per heavy atom. The number of carbonyl (C=O) groups is 1. The van der Waals surface area contributed by atoms with Crippen molar-refractivity contribution in [2.45, 2.75) is 20.3 Å². The zero-order chi connectivity index (χ0) is 10.3. The van der Waals surface area contributed by atoms with Crippen LogP contribution >= 0.6 is 11.3 Å². The number of fused-ring (bicyclic) bond motifs is 1. The van der Waals surface area contributed by atoms with Gasteiger partial charge >= 0.3 is 5.97 Å². The van der Waals surface area contributed by atoms with E-state index in [1.54, 1.807) is 6.20 Å². The summed E-state index contributed by atoms with van der Waals surface area (Å²) in [6.45, 7) is 3.84. The first kappa shape index (κ1) is 9.21. The number of carboxylic acids is 1. The molecule has 0 amide bonds. The van der Waals surface area contributed by atoms with Crippen LogP contribution in [-0.4, -0.2) is 20.5 Å². The Hall–Kier alpha value is -1.36. The van der Waals surface area contributed by atoms with Crippen LogP contribution in [0.3, 0.4) is 0 Å².